The molecule has 1 aliphatic rings. The predicted octanol–water partition coefficient (Wildman–Crippen LogP) is 1.33. The molecule has 0 amide bonds. The van der Waals surface area contributed by atoms with Gasteiger partial charge in [0.25, 0.3) is 0 Å². The van der Waals surface area contributed by atoms with Crippen molar-refractivity contribution in [2.45, 2.75) is 42.2 Å². The quantitative estimate of drug-likeness (QED) is 0.786. The minimum Gasteiger partial charge on any atom is -0.389 e. The second-order valence-corrected chi connectivity index (χ2v) is 8.48. The smallest absolute Gasteiger partial charge is 0.218 e. The standard InChI is InChI=1S/C9H17ClO3S2/c1-2-3-5-8(11)9(10)14(12)6-4-7-15(9)13/h8,11H,2-7H2,1H3/t8-,9?,14?,15?/m0/s1. The molecule has 0 aromatic heterocycles. The molecule has 0 bridgehead atoms. The lowest BCUT2D eigenvalue weighted by Gasteiger charge is -2.33. The third-order valence-corrected chi connectivity index (χ3v) is 8.01. The fraction of sp³-hybridized carbons (Fsp3) is 1.00. The molecular formula is C9H17ClO3S2. The van der Waals surface area contributed by atoms with Gasteiger partial charge in [0, 0.05) is 11.5 Å². The SMILES string of the molecule is CCCC[C@H](O)C1(Cl)S(=O)CCCS1=O. The lowest BCUT2D eigenvalue weighted by atomic mass is 10.2. The van der Waals surface area contributed by atoms with E-state index in [2.05, 4.69) is 0 Å². The lowest BCUT2D eigenvalue weighted by molar-refractivity contribution is 0.166. The van der Waals surface area contributed by atoms with Crippen LogP contribution >= 0.6 is 11.6 Å². The number of hydrogen-bond donors (Lipinski definition) is 1. The molecule has 1 aliphatic heterocycles. The van der Waals surface area contributed by atoms with Crippen LogP contribution in [0.1, 0.15) is 32.6 Å². The van der Waals surface area contributed by atoms with Crippen LogP contribution in [0.2, 0.25) is 0 Å². The van der Waals surface area contributed by atoms with Crippen LogP contribution in [0.3, 0.4) is 0 Å². The monoisotopic (exact) mass is 272 g/mol. The Kier molecular flexibility index (Phi) is 5.22. The van der Waals surface area contributed by atoms with Crippen molar-refractivity contribution in [2.75, 3.05) is 11.5 Å². The van der Waals surface area contributed by atoms with E-state index < -0.39 is 31.2 Å². The maximum atomic E-state index is 11.8. The van der Waals surface area contributed by atoms with Crippen LogP contribution in [0.15, 0.2) is 0 Å². The first-order chi connectivity index (χ1) is 7.03. The minimum absolute atomic E-state index is 0.443. The van der Waals surface area contributed by atoms with Crippen molar-refractivity contribution < 1.29 is 13.5 Å². The van der Waals surface area contributed by atoms with Gasteiger partial charge in [-0.1, -0.05) is 31.4 Å². The van der Waals surface area contributed by atoms with Crippen LogP contribution in [0.5, 0.6) is 0 Å². The lowest BCUT2D eigenvalue weighted by Crippen LogP contribution is -2.49. The van der Waals surface area contributed by atoms with Gasteiger partial charge in [-0.3, -0.25) is 8.42 Å². The predicted molar refractivity (Wildman–Crippen MR) is 64.8 cm³/mol. The normalized spacial score (nSPS) is 38.9. The van der Waals surface area contributed by atoms with Crippen LogP contribution in [0, 0.1) is 0 Å². The van der Waals surface area contributed by atoms with Gasteiger partial charge >= 0.3 is 0 Å². The molecule has 3 atom stereocenters. The number of unbranched alkanes of at least 4 members (excludes halogenated alkanes) is 1. The summed E-state index contributed by atoms with van der Waals surface area (Å²) in [6.07, 6.45) is 1.94. The summed E-state index contributed by atoms with van der Waals surface area (Å²) < 4.78 is 22.1. The van der Waals surface area contributed by atoms with Crippen molar-refractivity contribution in [1.29, 1.82) is 0 Å². The summed E-state index contributed by atoms with van der Waals surface area (Å²) in [6, 6.07) is 0. The van der Waals surface area contributed by atoms with Gasteiger partial charge in [-0.15, -0.1) is 0 Å². The van der Waals surface area contributed by atoms with Crippen LogP contribution < -0.4 is 0 Å². The molecule has 0 aliphatic carbocycles. The first-order valence-corrected chi connectivity index (χ1v) is 8.19. The molecule has 0 aromatic carbocycles. The number of aliphatic hydroxyl groups excluding tert-OH is 1. The van der Waals surface area contributed by atoms with Gasteiger partial charge in [0.2, 0.25) is 3.54 Å². The van der Waals surface area contributed by atoms with Gasteiger partial charge < -0.3 is 5.11 Å². The average molecular weight is 273 g/mol. The highest BCUT2D eigenvalue weighted by Gasteiger charge is 2.49. The second-order valence-electron chi connectivity index (χ2n) is 3.69. The Morgan fingerprint density at radius 2 is 1.93 bits per heavy atom. The third kappa shape index (κ3) is 2.81. The van der Waals surface area contributed by atoms with Gasteiger partial charge in [0.1, 0.15) is 0 Å². The van der Waals surface area contributed by atoms with E-state index in [1.807, 2.05) is 6.92 Å². The fourth-order valence-corrected chi connectivity index (χ4v) is 5.87. The van der Waals surface area contributed by atoms with Gasteiger partial charge in [-0.2, -0.15) is 0 Å². The van der Waals surface area contributed by atoms with E-state index in [1.54, 1.807) is 0 Å². The minimum atomic E-state index is -1.42. The van der Waals surface area contributed by atoms with Gasteiger partial charge in [0.05, 0.1) is 27.7 Å². The highest BCUT2D eigenvalue weighted by molar-refractivity contribution is 8.07. The van der Waals surface area contributed by atoms with Crippen LogP contribution in [0.4, 0.5) is 0 Å². The van der Waals surface area contributed by atoms with E-state index in [9.17, 15) is 13.5 Å². The van der Waals surface area contributed by atoms with Crippen molar-refractivity contribution in [3.8, 4) is 0 Å². The number of hydrogen-bond acceptors (Lipinski definition) is 3. The van der Waals surface area contributed by atoms with Crippen LogP contribution in [-0.4, -0.2) is 34.7 Å². The van der Waals surface area contributed by atoms with Crippen molar-refractivity contribution in [3.05, 3.63) is 0 Å². The zero-order chi connectivity index (χ0) is 11.5. The largest absolute Gasteiger partial charge is 0.389 e. The molecule has 1 fully saturated rings. The molecule has 0 aromatic rings. The van der Waals surface area contributed by atoms with Crippen molar-refractivity contribution in [3.63, 3.8) is 0 Å². The zero-order valence-corrected chi connectivity index (χ0v) is 11.2. The van der Waals surface area contributed by atoms with Crippen molar-refractivity contribution >= 4 is 33.2 Å². The van der Waals surface area contributed by atoms with E-state index in [-0.39, 0.29) is 0 Å². The highest BCUT2D eigenvalue weighted by atomic mass is 35.5. The molecule has 0 spiro atoms. The summed E-state index contributed by atoms with van der Waals surface area (Å²) in [7, 11) is -2.78. The molecule has 90 valence electrons. The van der Waals surface area contributed by atoms with E-state index in [1.165, 1.54) is 0 Å². The van der Waals surface area contributed by atoms with Crippen LogP contribution in [-0.2, 0) is 21.6 Å². The first-order valence-electron chi connectivity index (χ1n) is 5.17. The molecule has 0 saturated carbocycles. The van der Waals surface area contributed by atoms with E-state index in [0.29, 0.717) is 24.3 Å². The molecule has 1 heterocycles. The number of aliphatic hydroxyl groups is 1. The van der Waals surface area contributed by atoms with Crippen molar-refractivity contribution in [2.24, 2.45) is 0 Å². The topological polar surface area (TPSA) is 54.4 Å². The zero-order valence-electron chi connectivity index (χ0n) is 8.78. The van der Waals surface area contributed by atoms with E-state index in [0.717, 1.165) is 12.8 Å². The summed E-state index contributed by atoms with van der Waals surface area (Å²) in [5.41, 5.74) is 0. The Labute approximate surface area is 100 Å². The maximum Gasteiger partial charge on any atom is 0.218 e. The first kappa shape index (κ1) is 13.6. The Balaban J connectivity index is 2.76. The van der Waals surface area contributed by atoms with E-state index in [4.69, 9.17) is 11.6 Å². The Morgan fingerprint density at radius 3 is 2.40 bits per heavy atom. The maximum absolute atomic E-state index is 11.8. The van der Waals surface area contributed by atoms with Crippen LogP contribution in [0.25, 0.3) is 0 Å². The van der Waals surface area contributed by atoms with Crippen molar-refractivity contribution in [1.82, 2.24) is 0 Å². The highest BCUT2D eigenvalue weighted by Crippen LogP contribution is 2.35. The average Bonchev–Trinajstić information content (AvgIpc) is 2.22. The number of alkyl halides is 1. The Hall–Kier alpha value is 0.550. The summed E-state index contributed by atoms with van der Waals surface area (Å²) in [5, 5.41) is 9.89. The summed E-state index contributed by atoms with van der Waals surface area (Å²) in [4.78, 5) is 0. The molecular weight excluding hydrogens is 256 g/mol. The molecule has 0 radical (unpaired) electrons. The molecule has 1 rings (SSSR count). The number of rotatable bonds is 4. The second kappa shape index (κ2) is 5.75. The summed E-state index contributed by atoms with van der Waals surface area (Å²) in [6.45, 7) is 2.00. The van der Waals surface area contributed by atoms with E-state index >= 15 is 0 Å². The molecule has 15 heavy (non-hydrogen) atoms. The number of halogens is 1. The summed E-state index contributed by atoms with van der Waals surface area (Å²) in [5.74, 6) is 0.886. The Bertz CT molecular complexity index is 254. The fourth-order valence-electron chi connectivity index (χ4n) is 1.58. The van der Waals surface area contributed by atoms with Gasteiger partial charge in [0.15, 0.2) is 0 Å². The molecule has 1 saturated heterocycles. The molecule has 6 heteroatoms. The van der Waals surface area contributed by atoms with Gasteiger partial charge in [-0.25, -0.2) is 0 Å². The molecule has 1 N–H and O–H groups in total. The molecule has 2 unspecified atom stereocenters. The Morgan fingerprint density at radius 1 is 1.40 bits per heavy atom. The summed E-state index contributed by atoms with van der Waals surface area (Å²) >= 11 is 6.11. The van der Waals surface area contributed by atoms with Gasteiger partial charge in [-0.05, 0) is 12.8 Å². The molecule has 3 nitrogen and oxygen atoms in total. The third-order valence-electron chi connectivity index (χ3n) is 2.51.